The first-order valence-corrected chi connectivity index (χ1v) is 8.40. The summed E-state index contributed by atoms with van der Waals surface area (Å²) in [6, 6.07) is 10.3. The number of carboxylic acids is 1. The number of rotatable bonds is 5. The van der Waals surface area contributed by atoms with Gasteiger partial charge in [-0.3, -0.25) is 9.59 Å². The number of carbonyl (C=O) groups excluding carboxylic acids is 2. The topological polar surface area (TPSA) is 103 Å². The Kier molecular flexibility index (Phi) is 5.07. The van der Waals surface area contributed by atoms with Crippen LogP contribution < -0.4 is 5.01 Å². The molecule has 0 aliphatic carbocycles. The maximum absolute atomic E-state index is 12.7. The molecule has 0 fully saturated rings. The summed E-state index contributed by atoms with van der Waals surface area (Å²) in [5.74, 6) is -0.935. The molecule has 2 heterocycles. The van der Waals surface area contributed by atoms with E-state index in [4.69, 9.17) is 9.52 Å². The van der Waals surface area contributed by atoms with E-state index in [1.807, 2.05) is 6.07 Å². The number of para-hydroxylation sites is 1. The van der Waals surface area contributed by atoms with Crippen LogP contribution in [0.2, 0.25) is 0 Å². The third-order valence-electron chi connectivity index (χ3n) is 4.22. The first kappa shape index (κ1) is 18.4. The van der Waals surface area contributed by atoms with Crippen molar-refractivity contribution in [3.8, 4) is 0 Å². The minimum atomic E-state index is -1.08. The highest BCUT2D eigenvalue weighted by molar-refractivity contribution is 6.40. The molecule has 1 N–H and O–H groups in total. The van der Waals surface area contributed by atoms with Crippen LogP contribution in [0.5, 0.6) is 0 Å². The lowest BCUT2D eigenvalue weighted by Crippen LogP contribution is -2.39. The molecule has 8 heteroatoms. The largest absolute Gasteiger partial charge is 0.478 e. The SMILES string of the molecule is Cc1oc(CN(C)C(=O)C2=NN(c3ccccc3)C(=O)CC2)cc1C(=O)O. The first-order chi connectivity index (χ1) is 12.9. The molecule has 0 atom stereocenters. The quantitative estimate of drug-likeness (QED) is 0.872. The van der Waals surface area contributed by atoms with E-state index >= 15 is 0 Å². The Morgan fingerprint density at radius 1 is 1.26 bits per heavy atom. The van der Waals surface area contributed by atoms with Gasteiger partial charge in [0.2, 0.25) is 5.91 Å². The number of nitrogens with zero attached hydrogens (tertiary/aromatic N) is 3. The molecule has 8 nitrogen and oxygen atoms in total. The van der Waals surface area contributed by atoms with Crippen LogP contribution in [-0.2, 0) is 16.1 Å². The van der Waals surface area contributed by atoms with Gasteiger partial charge in [-0.25, -0.2) is 9.80 Å². The van der Waals surface area contributed by atoms with Crippen LogP contribution in [-0.4, -0.2) is 40.5 Å². The number of benzene rings is 1. The van der Waals surface area contributed by atoms with Gasteiger partial charge in [0.1, 0.15) is 22.8 Å². The highest BCUT2D eigenvalue weighted by Crippen LogP contribution is 2.21. The van der Waals surface area contributed by atoms with Gasteiger partial charge in [0.15, 0.2) is 0 Å². The Labute approximate surface area is 155 Å². The molecule has 0 unspecified atom stereocenters. The Morgan fingerprint density at radius 2 is 1.96 bits per heavy atom. The Bertz CT molecular complexity index is 917. The summed E-state index contributed by atoms with van der Waals surface area (Å²) in [4.78, 5) is 37.4. The van der Waals surface area contributed by atoms with E-state index in [9.17, 15) is 14.4 Å². The normalized spacial score (nSPS) is 14.1. The minimum absolute atomic E-state index is 0.0710. The molecule has 1 aliphatic heterocycles. The fourth-order valence-corrected chi connectivity index (χ4v) is 2.84. The van der Waals surface area contributed by atoms with Crippen molar-refractivity contribution in [2.24, 2.45) is 5.10 Å². The van der Waals surface area contributed by atoms with Gasteiger partial charge in [-0.05, 0) is 25.1 Å². The van der Waals surface area contributed by atoms with E-state index in [-0.39, 0.29) is 48.2 Å². The zero-order valence-corrected chi connectivity index (χ0v) is 15.0. The van der Waals surface area contributed by atoms with Gasteiger partial charge in [-0.2, -0.15) is 5.10 Å². The van der Waals surface area contributed by atoms with Gasteiger partial charge in [0.05, 0.1) is 12.2 Å². The predicted octanol–water partition coefficient (Wildman–Crippen LogP) is 2.43. The van der Waals surface area contributed by atoms with Crippen LogP contribution in [0.3, 0.4) is 0 Å². The lowest BCUT2D eigenvalue weighted by molar-refractivity contribution is -0.124. The molecular formula is C19H19N3O5. The second-order valence-electron chi connectivity index (χ2n) is 6.24. The van der Waals surface area contributed by atoms with Crippen LogP contribution in [0.4, 0.5) is 5.69 Å². The molecule has 3 rings (SSSR count). The Balaban J connectivity index is 1.77. The molecule has 1 aliphatic rings. The van der Waals surface area contributed by atoms with E-state index in [1.165, 1.54) is 16.0 Å². The van der Waals surface area contributed by atoms with Crippen LogP contribution in [0, 0.1) is 6.92 Å². The molecule has 27 heavy (non-hydrogen) atoms. The van der Waals surface area contributed by atoms with Crippen molar-refractivity contribution in [2.75, 3.05) is 12.1 Å². The number of anilines is 1. The first-order valence-electron chi connectivity index (χ1n) is 8.40. The summed E-state index contributed by atoms with van der Waals surface area (Å²) in [5.41, 5.74) is 0.937. The van der Waals surface area contributed by atoms with E-state index < -0.39 is 5.97 Å². The highest BCUT2D eigenvalue weighted by Gasteiger charge is 2.27. The number of hydrogen-bond acceptors (Lipinski definition) is 5. The third-order valence-corrected chi connectivity index (χ3v) is 4.22. The average molecular weight is 369 g/mol. The second kappa shape index (κ2) is 7.45. The lowest BCUT2D eigenvalue weighted by atomic mass is 10.1. The average Bonchev–Trinajstić information content (AvgIpc) is 3.02. The number of furan rings is 1. The van der Waals surface area contributed by atoms with Crippen LogP contribution in [0.25, 0.3) is 0 Å². The molecule has 0 bridgehead atoms. The van der Waals surface area contributed by atoms with Gasteiger partial charge < -0.3 is 14.4 Å². The molecule has 2 amide bonds. The molecule has 0 saturated heterocycles. The van der Waals surface area contributed by atoms with Crippen molar-refractivity contribution in [3.63, 3.8) is 0 Å². The van der Waals surface area contributed by atoms with Gasteiger partial charge in [-0.1, -0.05) is 18.2 Å². The summed E-state index contributed by atoms with van der Waals surface area (Å²) in [6.45, 7) is 1.66. The molecule has 1 aromatic carbocycles. The summed E-state index contributed by atoms with van der Waals surface area (Å²) < 4.78 is 5.41. The van der Waals surface area contributed by atoms with Crippen molar-refractivity contribution in [2.45, 2.75) is 26.3 Å². The number of aryl methyl sites for hydroxylation is 1. The fourth-order valence-electron chi connectivity index (χ4n) is 2.84. The molecule has 140 valence electrons. The zero-order chi connectivity index (χ0) is 19.6. The maximum atomic E-state index is 12.7. The van der Waals surface area contributed by atoms with Crippen LogP contribution >= 0.6 is 0 Å². The second-order valence-corrected chi connectivity index (χ2v) is 6.24. The number of carboxylic acid groups (broad SMARTS) is 1. The molecule has 2 aromatic rings. The van der Waals surface area contributed by atoms with Gasteiger partial charge in [0.25, 0.3) is 5.91 Å². The van der Waals surface area contributed by atoms with Gasteiger partial charge in [0, 0.05) is 19.9 Å². The van der Waals surface area contributed by atoms with Gasteiger partial charge >= 0.3 is 5.97 Å². The lowest BCUT2D eigenvalue weighted by Gasteiger charge is -2.25. The Morgan fingerprint density at radius 3 is 2.59 bits per heavy atom. The predicted molar refractivity (Wildman–Crippen MR) is 97.5 cm³/mol. The standard InChI is InChI=1S/C19H19N3O5/c1-12-15(19(25)26)10-14(27-12)11-21(2)18(24)16-8-9-17(23)22(20-16)13-6-4-3-5-7-13/h3-7,10H,8-9,11H2,1-2H3,(H,25,26). The Hall–Kier alpha value is -3.42. The number of hydrogen-bond donors (Lipinski definition) is 1. The summed E-state index contributed by atoms with van der Waals surface area (Å²) >= 11 is 0. The van der Waals surface area contributed by atoms with Crippen molar-refractivity contribution in [1.82, 2.24) is 4.90 Å². The number of amides is 2. The van der Waals surface area contributed by atoms with E-state index in [0.717, 1.165) is 0 Å². The van der Waals surface area contributed by atoms with Crippen molar-refractivity contribution in [1.29, 1.82) is 0 Å². The van der Waals surface area contributed by atoms with Crippen LogP contribution in [0.1, 0.15) is 34.7 Å². The number of hydrazone groups is 1. The highest BCUT2D eigenvalue weighted by atomic mass is 16.4. The molecule has 0 spiro atoms. The fraction of sp³-hybridized carbons (Fsp3) is 0.263. The van der Waals surface area contributed by atoms with Crippen molar-refractivity contribution < 1.29 is 23.9 Å². The molecular weight excluding hydrogens is 350 g/mol. The molecule has 0 saturated carbocycles. The third kappa shape index (κ3) is 3.89. The monoisotopic (exact) mass is 369 g/mol. The molecule has 0 radical (unpaired) electrons. The summed E-state index contributed by atoms with van der Waals surface area (Å²) in [5, 5.41) is 14.6. The smallest absolute Gasteiger partial charge is 0.339 e. The number of aromatic carboxylic acids is 1. The zero-order valence-electron chi connectivity index (χ0n) is 15.0. The van der Waals surface area contributed by atoms with E-state index in [2.05, 4.69) is 5.10 Å². The van der Waals surface area contributed by atoms with Gasteiger partial charge in [-0.15, -0.1) is 0 Å². The van der Waals surface area contributed by atoms with Crippen LogP contribution in [0.15, 0.2) is 45.9 Å². The maximum Gasteiger partial charge on any atom is 0.339 e. The minimum Gasteiger partial charge on any atom is -0.478 e. The molecule has 1 aromatic heterocycles. The van der Waals surface area contributed by atoms with E-state index in [1.54, 1.807) is 38.2 Å². The van der Waals surface area contributed by atoms with Crippen molar-refractivity contribution in [3.05, 3.63) is 53.5 Å². The number of carbonyl (C=O) groups is 3. The van der Waals surface area contributed by atoms with E-state index in [0.29, 0.717) is 11.4 Å². The van der Waals surface area contributed by atoms with Crippen molar-refractivity contribution >= 4 is 29.2 Å². The summed E-state index contributed by atoms with van der Waals surface area (Å²) in [7, 11) is 1.58. The summed E-state index contributed by atoms with van der Waals surface area (Å²) in [6.07, 6.45) is 0.444.